The molecule has 1 rings (SSSR count). The Bertz CT molecular complexity index is 273. The lowest BCUT2D eigenvalue weighted by molar-refractivity contribution is -0.148. The largest absolute Gasteiger partial charge is 0.481 e. The predicted molar refractivity (Wildman–Crippen MR) is 61.9 cm³/mol. The molecule has 1 N–H and O–H groups in total. The van der Waals surface area contributed by atoms with Crippen LogP contribution in [0.1, 0.15) is 46.0 Å². The molecular formula is C12H19ClO2. The number of carbonyl (C=O) groups is 1. The zero-order valence-electron chi connectivity index (χ0n) is 9.42. The fourth-order valence-corrected chi connectivity index (χ4v) is 2.67. The SMILES string of the molecule is CCC1CCC(CC(C)=CCl)(C(=O)O)C1. The molecule has 15 heavy (non-hydrogen) atoms. The van der Waals surface area contributed by atoms with Crippen LogP contribution in [-0.4, -0.2) is 11.1 Å². The summed E-state index contributed by atoms with van der Waals surface area (Å²) in [6, 6.07) is 0. The maximum Gasteiger partial charge on any atom is 0.309 e. The maximum absolute atomic E-state index is 11.4. The first kappa shape index (κ1) is 12.6. The van der Waals surface area contributed by atoms with Crippen LogP contribution in [0, 0.1) is 11.3 Å². The molecule has 0 heterocycles. The van der Waals surface area contributed by atoms with E-state index in [1.807, 2.05) is 6.92 Å². The maximum atomic E-state index is 11.4. The lowest BCUT2D eigenvalue weighted by Crippen LogP contribution is -2.28. The van der Waals surface area contributed by atoms with Crippen LogP contribution >= 0.6 is 11.6 Å². The lowest BCUT2D eigenvalue weighted by Gasteiger charge is -2.24. The highest BCUT2D eigenvalue weighted by molar-refractivity contribution is 6.25. The second-order valence-corrected chi connectivity index (χ2v) is 4.95. The molecule has 0 saturated heterocycles. The summed E-state index contributed by atoms with van der Waals surface area (Å²) in [4.78, 5) is 11.4. The summed E-state index contributed by atoms with van der Waals surface area (Å²) in [7, 11) is 0. The second-order valence-electron chi connectivity index (χ2n) is 4.73. The van der Waals surface area contributed by atoms with Crippen molar-refractivity contribution in [3.8, 4) is 0 Å². The van der Waals surface area contributed by atoms with Gasteiger partial charge in [-0.25, -0.2) is 0 Å². The third-order valence-corrected chi connectivity index (χ3v) is 3.92. The van der Waals surface area contributed by atoms with Crippen molar-refractivity contribution in [2.24, 2.45) is 11.3 Å². The van der Waals surface area contributed by atoms with Crippen molar-refractivity contribution in [2.45, 2.75) is 46.0 Å². The van der Waals surface area contributed by atoms with Crippen LogP contribution in [0.25, 0.3) is 0 Å². The Morgan fingerprint density at radius 1 is 1.67 bits per heavy atom. The van der Waals surface area contributed by atoms with E-state index in [1.165, 1.54) is 5.54 Å². The molecule has 1 fully saturated rings. The van der Waals surface area contributed by atoms with Gasteiger partial charge in [0, 0.05) is 5.54 Å². The Kier molecular flexibility index (Phi) is 4.21. The molecule has 1 aliphatic carbocycles. The average Bonchev–Trinajstić information content (AvgIpc) is 2.62. The number of carboxylic acid groups (broad SMARTS) is 1. The highest BCUT2D eigenvalue weighted by atomic mass is 35.5. The Labute approximate surface area is 96.3 Å². The summed E-state index contributed by atoms with van der Waals surface area (Å²) in [5, 5.41) is 9.35. The number of allylic oxidation sites excluding steroid dienone is 1. The second kappa shape index (κ2) is 5.02. The molecule has 0 aliphatic heterocycles. The van der Waals surface area contributed by atoms with E-state index in [9.17, 15) is 9.90 Å². The van der Waals surface area contributed by atoms with Gasteiger partial charge in [-0.15, -0.1) is 0 Å². The first-order valence-corrected chi connectivity index (χ1v) is 5.97. The van der Waals surface area contributed by atoms with E-state index < -0.39 is 11.4 Å². The molecule has 86 valence electrons. The number of aliphatic carboxylic acids is 1. The van der Waals surface area contributed by atoms with E-state index in [-0.39, 0.29) is 0 Å². The smallest absolute Gasteiger partial charge is 0.309 e. The first-order valence-electron chi connectivity index (χ1n) is 5.53. The van der Waals surface area contributed by atoms with Gasteiger partial charge in [-0.3, -0.25) is 4.79 Å². The number of halogens is 1. The minimum Gasteiger partial charge on any atom is -0.481 e. The highest BCUT2D eigenvalue weighted by Gasteiger charge is 2.44. The molecule has 3 heteroatoms. The van der Waals surface area contributed by atoms with Gasteiger partial charge in [-0.05, 0) is 38.5 Å². The Hall–Kier alpha value is -0.500. The van der Waals surface area contributed by atoms with Gasteiger partial charge < -0.3 is 5.11 Å². The molecule has 0 spiro atoms. The van der Waals surface area contributed by atoms with E-state index in [0.29, 0.717) is 12.3 Å². The molecule has 1 aliphatic rings. The number of hydrogen-bond acceptors (Lipinski definition) is 1. The van der Waals surface area contributed by atoms with Crippen LogP contribution in [0.3, 0.4) is 0 Å². The Morgan fingerprint density at radius 2 is 2.33 bits per heavy atom. The lowest BCUT2D eigenvalue weighted by atomic mass is 9.79. The molecule has 1 saturated carbocycles. The van der Waals surface area contributed by atoms with E-state index in [1.54, 1.807) is 0 Å². The van der Waals surface area contributed by atoms with Crippen LogP contribution in [0.4, 0.5) is 0 Å². The zero-order valence-corrected chi connectivity index (χ0v) is 10.2. The highest BCUT2D eigenvalue weighted by Crippen LogP contribution is 2.47. The van der Waals surface area contributed by atoms with Gasteiger partial charge in [0.1, 0.15) is 0 Å². The summed E-state index contributed by atoms with van der Waals surface area (Å²) >= 11 is 5.61. The van der Waals surface area contributed by atoms with Crippen molar-refractivity contribution in [1.29, 1.82) is 0 Å². The molecule has 2 nitrogen and oxygen atoms in total. The van der Waals surface area contributed by atoms with Crippen molar-refractivity contribution >= 4 is 17.6 Å². The van der Waals surface area contributed by atoms with Gasteiger partial charge in [0.05, 0.1) is 5.41 Å². The Balaban J connectivity index is 2.78. The fraction of sp³-hybridized carbons (Fsp3) is 0.750. The molecule has 0 bridgehead atoms. The summed E-state index contributed by atoms with van der Waals surface area (Å²) in [5.74, 6) is -0.0828. The molecule has 0 amide bonds. The Morgan fingerprint density at radius 3 is 2.73 bits per heavy atom. The molecule has 0 aromatic rings. The van der Waals surface area contributed by atoms with Gasteiger partial charge in [0.2, 0.25) is 0 Å². The van der Waals surface area contributed by atoms with Crippen molar-refractivity contribution in [3.63, 3.8) is 0 Å². The molecule has 0 aromatic carbocycles. The van der Waals surface area contributed by atoms with Gasteiger partial charge in [0.25, 0.3) is 0 Å². The number of rotatable bonds is 4. The molecular weight excluding hydrogens is 212 g/mol. The van der Waals surface area contributed by atoms with E-state index >= 15 is 0 Å². The van der Waals surface area contributed by atoms with E-state index in [2.05, 4.69) is 6.92 Å². The fourth-order valence-electron chi connectivity index (χ4n) is 2.59. The van der Waals surface area contributed by atoms with Crippen molar-refractivity contribution in [1.82, 2.24) is 0 Å². The normalized spacial score (nSPS) is 31.9. The third-order valence-electron chi connectivity index (χ3n) is 3.55. The van der Waals surface area contributed by atoms with E-state index in [0.717, 1.165) is 31.3 Å². The minimum absolute atomic E-state index is 0.545. The zero-order chi connectivity index (χ0) is 11.5. The third kappa shape index (κ3) is 2.75. The number of carboxylic acids is 1. The molecule has 2 unspecified atom stereocenters. The first-order chi connectivity index (χ1) is 7.04. The summed E-state index contributed by atoms with van der Waals surface area (Å²) in [6.07, 6.45) is 4.32. The van der Waals surface area contributed by atoms with E-state index in [4.69, 9.17) is 11.6 Å². The predicted octanol–water partition coefficient (Wildman–Crippen LogP) is 3.80. The summed E-state index contributed by atoms with van der Waals surface area (Å²) in [5.41, 5.74) is 1.93. The monoisotopic (exact) mass is 230 g/mol. The van der Waals surface area contributed by atoms with Gasteiger partial charge in [0.15, 0.2) is 0 Å². The van der Waals surface area contributed by atoms with Crippen molar-refractivity contribution in [2.75, 3.05) is 0 Å². The van der Waals surface area contributed by atoms with Crippen molar-refractivity contribution in [3.05, 3.63) is 11.1 Å². The van der Waals surface area contributed by atoms with Gasteiger partial charge in [-0.1, -0.05) is 30.5 Å². The molecule has 0 radical (unpaired) electrons. The number of hydrogen-bond donors (Lipinski definition) is 1. The van der Waals surface area contributed by atoms with Gasteiger partial charge >= 0.3 is 5.97 Å². The molecule has 2 atom stereocenters. The van der Waals surface area contributed by atoms with Gasteiger partial charge in [-0.2, -0.15) is 0 Å². The summed E-state index contributed by atoms with van der Waals surface area (Å²) < 4.78 is 0. The van der Waals surface area contributed by atoms with Crippen LogP contribution in [-0.2, 0) is 4.79 Å². The van der Waals surface area contributed by atoms with Crippen LogP contribution in [0.15, 0.2) is 11.1 Å². The molecule has 0 aromatic heterocycles. The van der Waals surface area contributed by atoms with Crippen LogP contribution in [0.2, 0.25) is 0 Å². The quantitative estimate of drug-likeness (QED) is 0.798. The minimum atomic E-state index is -0.656. The van der Waals surface area contributed by atoms with Crippen LogP contribution in [0.5, 0.6) is 0 Å². The van der Waals surface area contributed by atoms with Crippen LogP contribution < -0.4 is 0 Å². The average molecular weight is 231 g/mol. The van der Waals surface area contributed by atoms with Crippen molar-refractivity contribution < 1.29 is 9.90 Å². The standard InChI is InChI=1S/C12H19ClO2/c1-3-10-4-5-12(7-10,11(14)15)6-9(2)8-13/h8,10H,3-7H2,1-2H3,(H,14,15). The summed E-state index contributed by atoms with van der Waals surface area (Å²) in [6.45, 7) is 4.03. The topological polar surface area (TPSA) is 37.3 Å².